The lowest BCUT2D eigenvalue weighted by atomic mass is 10.3. The summed E-state index contributed by atoms with van der Waals surface area (Å²) in [5.74, 6) is 0.583. The van der Waals surface area contributed by atoms with Crippen LogP contribution in [0.3, 0.4) is 0 Å². The van der Waals surface area contributed by atoms with Crippen molar-refractivity contribution in [1.82, 2.24) is 5.48 Å². The fourth-order valence-corrected chi connectivity index (χ4v) is 2.27. The number of rotatable bonds is 7. The number of benzene rings is 1. The predicted octanol–water partition coefficient (Wildman–Crippen LogP) is 2.54. The van der Waals surface area contributed by atoms with E-state index in [2.05, 4.69) is 5.48 Å². The molecule has 1 fully saturated rings. The number of ether oxygens (including phenoxy) is 1. The number of aliphatic hydroxyl groups is 1. The highest BCUT2D eigenvalue weighted by Gasteiger charge is 2.16. The molecule has 19 heavy (non-hydrogen) atoms. The molecular weight excluding hydrogens is 266 g/mol. The summed E-state index contributed by atoms with van der Waals surface area (Å²) < 4.78 is 5.44. The summed E-state index contributed by atoms with van der Waals surface area (Å²) in [7, 11) is 0. The van der Waals surface area contributed by atoms with Crippen LogP contribution in [0.4, 0.5) is 0 Å². The largest absolute Gasteiger partial charge is 0.489 e. The molecule has 5 heteroatoms. The van der Waals surface area contributed by atoms with Crippen LogP contribution in [0.2, 0.25) is 5.02 Å². The van der Waals surface area contributed by atoms with Gasteiger partial charge in [0.2, 0.25) is 0 Å². The fraction of sp³-hybridized carbons (Fsp3) is 0.571. The molecule has 0 heterocycles. The summed E-state index contributed by atoms with van der Waals surface area (Å²) in [4.78, 5) is 5.46. The minimum absolute atomic E-state index is 0.185. The smallest absolute Gasteiger partial charge is 0.138 e. The van der Waals surface area contributed by atoms with Crippen molar-refractivity contribution in [3.63, 3.8) is 0 Å². The molecule has 1 aliphatic carbocycles. The zero-order chi connectivity index (χ0) is 13.5. The molecule has 0 spiro atoms. The summed E-state index contributed by atoms with van der Waals surface area (Å²) in [6.45, 7) is 0.533. The van der Waals surface area contributed by atoms with Gasteiger partial charge in [0.15, 0.2) is 0 Å². The second-order valence-electron chi connectivity index (χ2n) is 4.77. The van der Waals surface area contributed by atoms with E-state index in [1.54, 1.807) is 12.1 Å². The van der Waals surface area contributed by atoms with E-state index < -0.39 is 6.10 Å². The molecule has 1 unspecified atom stereocenters. The zero-order valence-corrected chi connectivity index (χ0v) is 11.6. The fourth-order valence-electron chi connectivity index (χ4n) is 2.08. The van der Waals surface area contributed by atoms with Crippen molar-refractivity contribution < 1.29 is 14.7 Å². The third-order valence-corrected chi connectivity index (χ3v) is 3.45. The predicted molar refractivity (Wildman–Crippen MR) is 74.3 cm³/mol. The molecule has 2 N–H and O–H groups in total. The highest BCUT2D eigenvalue weighted by molar-refractivity contribution is 6.32. The average Bonchev–Trinajstić information content (AvgIpc) is 2.91. The zero-order valence-electron chi connectivity index (χ0n) is 10.8. The standard InChI is InChI=1S/C14H20ClNO3/c15-13-7-3-4-8-14(13)18-10-11(17)9-16-19-12-5-1-2-6-12/h3-4,7-8,11-12,16-17H,1-2,5-6,9-10H2. The lowest BCUT2D eigenvalue weighted by Crippen LogP contribution is -2.33. The van der Waals surface area contributed by atoms with Crippen molar-refractivity contribution >= 4 is 11.6 Å². The highest BCUT2D eigenvalue weighted by atomic mass is 35.5. The molecule has 0 saturated heterocycles. The van der Waals surface area contributed by atoms with E-state index in [-0.39, 0.29) is 12.7 Å². The Kier molecular flexibility index (Phi) is 5.92. The molecule has 1 aromatic carbocycles. The van der Waals surface area contributed by atoms with Gasteiger partial charge in [0, 0.05) is 0 Å². The van der Waals surface area contributed by atoms with Gasteiger partial charge in [-0.25, -0.2) is 0 Å². The number of hydrogen-bond donors (Lipinski definition) is 2. The van der Waals surface area contributed by atoms with E-state index in [0.29, 0.717) is 17.3 Å². The molecule has 1 aliphatic rings. The average molecular weight is 286 g/mol. The van der Waals surface area contributed by atoms with Gasteiger partial charge in [0.25, 0.3) is 0 Å². The molecule has 0 aromatic heterocycles. The van der Waals surface area contributed by atoms with E-state index in [1.165, 1.54) is 12.8 Å². The summed E-state index contributed by atoms with van der Waals surface area (Å²) in [5.41, 5.74) is 2.81. The molecule has 0 amide bonds. The number of aliphatic hydroxyl groups excluding tert-OH is 1. The third-order valence-electron chi connectivity index (χ3n) is 3.14. The topological polar surface area (TPSA) is 50.7 Å². The molecule has 0 bridgehead atoms. The van der Waals surface area contributed by atoms with Crippen LogP contribution < -0.4 is 10.2 Å². The first kappa shape index (κ1) is 14.6. The lowest BCUT2D eigenvalue weighted by molar-refractivity contribution is -0.0417. The van der Waals surface area contributed by atoms with Crippen molar-refractivity contribution in [1.29, 1.82) is 0 Å². The first-order valence-electron chi connectivity index (χ1n) is 6.69. The van der Waals surface area contributed by atoms with Crippen molar-refractivity contribution in [3.8, 4) is 5.75 Å². The van der Waals surface area contributed by atoms with Gasteiger partial charge in [-0.1, -0.05) is 36.6 Å². The number of para-hydroxylation sites is 1. The van der Waals surface area contributed by atoms with Crippen LogP contribution >= 0.6 is 11.6 Å². The van der Waals surface area contributed by atoms with Gasteiger partial charge in [0.05, 0.1) is 17.7 Å². The SMILES string of the molecule is OC(CNOC1CCCC1)COc1ccccc1Cl. The van der Waals surface area contributed by atoms with Gasteiger partial charge < -0.3 is 9.84 Å². The Hall–Kier alpha value is -0.810. The van der Waals surface area contributed by atoms with Crippen LogP contribution in [-0.4, -0.2) is 30.5 Å². The van der Waals surface area contributed by atoms with Gasteiger partial charge in [0.1, 0.15) is 18.5 Å². The molecule has 2 rings (SSSR count). The minimum atomic E-state index is -0.627. The first-order chi connectivity index (χ1) is 9.25. The molecule has 1 saturated carbocycles. The van der Waals surface area contributed by atoms with Gasteiger partial charge in [-0.3, -0.25) is 4.84 Å². The second-order valence-corrected chi connectivity index (χ2v) is 5.18. The van der Waals surface area contributed by atoms with Crippen LogP contribution in [0, 0.1) is 0 Å². The van der Waals surface area contributed by atoms with Crippen molar-refractivity contribution in [2.45, 2.75) is 37.9 Å². The van der Waals surface area contributed by atoms with Crippen LogP contribution in [0.1, 0.15) is 25.7 Å². The van der Waals surface area contributed by atoms with E-state index in [1.807, 2.05) is 12.1 Å². The molecule has 4 nitrogen and oxygen atoms in total. The maximum Gasteiger partial charge on any atom is 0.138 e. The van der Waals surface area contributed by atoms with E-state index >= 15 is 0 Å². The van der Waals surface area contributed by atoms with E-state index in [4.69, 9.17) is 21.2 Å². The van der Waals surface area contributed by atoms with Crippen molar-refractivity contribution in [3.05, 3.63) is 29.3 Å². The van der Waals surface area contributed by atoms with Gasteiger partial charge >= 0.3 is 0 Å². The Morgan fingerprint density at radius 3 is 2.79 bits per heavy atom. The number of hydrogen-bond acceptors (Lipinski definition) is 4. The molecule has 106 valence electrons. The van der Waals surface area contributed by atoms with Gasteiger partial charge in [-0.2, -0.15) is 5.48 Å². The Morgan fingerprint density at radius 2 is 2.05 bits per heavy atom. The minimum Gasteiger partial charge on any atom is -0.489 e. The van der Waals surface area contributed by atoms with E-state index in [0.717, 1.165) is 12.8 Å². The number of hydroxylamine groups is 1. The molecule has 1 atom stereocenters. The van der Waals surface area contributed by atoms with Crippen molar-refractivity contribution in [2.24, 2.45) is 0 Å². The highest BCUT2D eigenvalue weighted by Crippen LogP contribution is 2.23. The monoisotopic (exact) mass is 285 g/mol. The maximum atomic E-state index is 9.76. The Morgan fingerprint density at radius 1 is 1.32 bits per heavy atom. The number of halogens is 1. The first-order valence-corrected chi connectivity index (χ1v) is 7.07. The quantitative estimate of drug-likeness (QED) is 0.756. The lowest BCUT2D eigenvalue weighted by Gasteiger charge is -2.16. The third kappa shape index (κ3) is 4.99. The Bertz CT molecular complexity index is 383. The molecule has 0 radical (unpaired) electrons. The van der Waals surface area contributed by atoms with Crippen molar-refractivity contribution in [2.75, 3.05) is 13.2 Å². The molecule has 0 aliphatic heterocycles. The normalized spacial score (nSPS) is 17.6. The maximum absolute atomic E-state index is 9.76. The molecular formula is C14H20ClNO3. The van der Waals surface area contributed by atoms with Crippen LogP contribution in [-0.2, 0) is 4.84 Å². The van der Waals surface area contributed by atoms with Crippen LogP contribution in [0.5, 0.6) is 5.75 Å². The van der Waals surface area contributed by atoms with Crippen LogP contribution in [0.25, 0.3) is 0 Å². The van der Waals surface area contributed by atoms with Gasteiger partial charge in [-0.15, -0.1) is 0 Å². The second kappa shape index (κ2) is 7.70. The summed E-state index contributed by atoms with van der Waals surface area (Å²) >= 11 is 5.95. The van der Waals surface area contributed by atoms with E-state index in [9.17, 15) is 5.11 Å². The Balaban J connectivity index is 1.61. The summed E-state index contributed by atoms with van der Waals surface area (Å²) in [6, 6.07) is 7.21. The summed E-state index contributed by atoms with van der Waals surface area (Å²) in [6.07, 6.45) is 4.31. The van der Waals surface area contributed by atoms with Gasteiger partial charge in [-0.05, 0) is 25.0 Å². The summed E-state index contributed by atoms with van der Waals surface area (Å²) in [5, 5.41) is 10.3. The van der Waals surface area contributed by atoms with Crippen LogP contribution in [0.15, 0.2) is 24.3 Å². The molecule has 1 aromatic rings. The number of nitrogens with one attached hydrogen (secondary N) is 1. The Labute approximate surface area is 118 Å².